The highest BCUT2D eigenvalue weighted by molar-refractivity contribution is 8.15. The van der Waals surface area contributed by atoms with Crippen LogP contribution in [0.15, 0.2) is 59.2 Å². The van der Waals surface area contributed by atoms with E-state index in [0.717, 1.165) is 11.3 Å². The quantitative estimate of drug-likeness (QED) is 0.544. The first-order valence-corrected chi connectivity index (χ1v) is 12.4. The van der Waals surface area contributed by atoms with Crippen LogP contribution in [0.4, 0.5) is 5.69 Å². The molecule has 2 amide bonds. The Labute approximate surface area is 209 Å². The van der Waals surface area contributed by atoms with E-state index in [9.17, 15) is 9.59 Å². The molecule has 1 saturated heterocycles. The highest BCUT2D eigenvalue weighted by Crippen LogP contribution is 2.33. The summed E-state index contributed by atoms with van der Waals surface area (Å²) in [4.78, 5) is 34.8. The van der Waals surface area contributed by atoms with Crippen LogP contribution in [0.1, 0.15) is 18.9 Å². The standard InChI is InChI=1S/C26H29N3O5S/c1-4-23(25(31)28-13-15-34-16-14-28)35-26-27-22(17-18-5-9-20(32-2)10-6-18)24(30)29(26)19-7-11-21(33-3)12-8-19/h5-12,17,23H,4,13-16H2,1-3H3/b22-17+/t23-/m0/s1. The molecule has 2 aliphatic heterocycles. The van der Waals surface area contributed by atoms with Gasteiger partial charge < -0.3 is 19.1 Å². The molecule has 2 heterocycles. The van der Waals surface area contributed by atoms with Crippen molar-refractivity contribution < 1.29 is 23.8 Å². The zero-order chi connectivity index (χ0) is 24.8. The number of aliphatic imine (C=N–C) groups is 1. The highest BCUT2D eigenvalue weighted by Gasteiger charge is 2.36. The summed E-state index contributed by atoms with van der Waals surface area (Å²) in [5.41, 5.74) is 1.80. The number of thioether (sulfide) groups is 1. The third kappa shape index (κ3) is 5.68. The molecule has 35 heavy (non-hydrogen) atoms. The number of hydrogen-bond donors (Lipinski definition) is 0. The summed E-state index contributed by atoms with van der Waals surface area (Å²) in [5, 5.41) is 0.120. The first-order chi connectivity index (χ1) is 17.0. The van der Waals surface area contributed by atoms with Crippen molar-refractivity contribution in [2.24, 2.45) is 4.99 Å². The highest BCUT2D eigenvalue weighted by atomic mass is 32.2. The average Bonchev–Trinajstić information content (AvgIpc) is 3.21. The van der Waals surface area contributed by atoms with E-state index in [1.54, 1.807) is 37.3 Å². The maximum Gasteiger partial charge on any atom is 0.283 e. The maximum atomic E-state index is 13.5. The number of ether oxygens (including phenoxy) is 3. The van der Waals surface area contributed by atoms with Crippen LogP contribution in [0.25, 0.3) is 6.08 Å². The van der Waals surface area contributed by atoms with Gasteiger partial charge in [0, 0.05) is 13.1 Å². The van der Waals surface area contributed by atoms with Gasteiger partial charge in [0.2, 0.25) is 5.91 Å². The largest absolute Gasteiger partial charge is 0.497 e. The van der Waals surface area contributed by atoms with E-state index in [1.807, 2.05) is 48.2 Å². The second kappa shape index (κ2) is 11.4. The van der Waals surface area contributed by atoms with Crippen LogP contribution in [-0.4, -0.2) is 67.7 Å². The zero-order valence-corrected chi connectivity index (χ0v) is 20.9. The van der Waals surface area contributed by atoms with Crippen molar-refractivity contribution in [2.45, 2.75) is 18.6 Å². The molecule has 0 spiro atoms. The minimum atomic E-state index is -0.360. The number of amides is 2. The maximum absolute atomic E-state index is 13.5. The van der Waals surface area contributed by atoms with E-state index in [-0.39, 0.29) is 17.1 Å². The summed E-state index contributed by atoms with van der Waals surface area (Å²) in [7, 11) is 3.20. The number of morpholine rings is 1. The van der Waals surface area contributed by atoms with Crippen molar-refractivity contribution in [1.82, 2.24) is 4.90 Å². The fourth-order valence-corrected chi connectivity index (χ4v) is 4.93. The molecule has 4 rings (SSSR count). The first kappa shape index (κ1) is 24.8. The van der Waals surface area contributed by atoms with Gasteiger partial charge >= 0.3 is 0 Å². The van der Waals surface area contributed by atoms with Gasteiger partial charge in [0.1, 0.15) is 17.2 Å². The van der Waals surface area contributed by atoms with Gasteiger partial charge in [0.25, 0.3) is 5.91 Å². The van der Waals surface area contributed by atoms with Crippen LogP contribution in [0.3, 0.4) is 0 Å². The number of methoxy groups -OCH3 is 2. The SMILES string of the molecule is CC[C@H](SC1=N/C(=C/c2ccc(OC)cc2)C(=O)N1c1ccc(OC)cc1)C(=O)N1CCOCC1. The Hall–Kier alpha value is -3.30. The lowest BCUT2D eigenvalue weighted by Gasteiger charge is -2.30. The van der Waals surface area contributed by atoms with Gasteiger partial charge in [-0.15, -0.1) is 0 Å². The predicted molar refractivity (Wildman–Crippen MR) is 138 cm³/mol. The van der Waals surface area contributed by atoms with Gasteiger partial charge in [0.15, 0.2) is 5.17 Å². The number of amidine groups is 1. The fourth-order valence-electron chi connectivity index (χ4n) is 3.82. The number of anilines is 1. The third-order valence-electron chi connectivity index (χ3n) is 5.80. The molecule has 184 valence electrons. The Kier molecular flexibility index (Phi) is 8.09. The second-order valence-electron chi connectivity index (χ2n) is 7.99. The van der Waals surface area contributed by atoms with Crippen molar-refractivity contribution in [3.8, 4) is 11.5 Å². The molecule has 8 nitrogen and oxygen atoms in total. The van der Waals surface area contributed by atoms with Crippen LogP contribution >= 0.6 is 11.8 Å². The van der Waals surface area contributed by atoms with Gasteiger partial charge in [-0.3, -0.25) is 14.5 Å². The van der Waals surface area contributed by atoms with E-state index in [0.29, 0.717) is 55.0 Å². The minimum absolute atomic E-state index is 0.0400. The number of nitrogens with zero attached hydrogens (tertiary/aromatic N) is 3. The molecule has 0 radical (unpaired) electrons. The van der Waals surface area contributed by atoms with Crippen molar-refractivity contribution in [2.75, 3.05) is 45.4 Å². The third-order valence-corrected chi connectivity index (χ3v) is 7.10. The Morgan fingerprint density at radius 3 is 2.23 bits per heavy atom. The molecular weight excluding hydrogens is 466 g/mol. The molecule has 0 bridgehead atoms. The van der Waals surface area contributed by atoms with Gasteiger partial charge in [0.05, 0.1) is 38.4 Å². The molecule has 2 aromatic carbocycles. The lowest BCUT2D eigenvalue weighted by Crippen LogP contribution is -2.45. The van der Waals surface area contributed by atoms with E-state index in [2.05, 4.69) is 4.99 Å². The molecule has 1 atom stereocenters. The van der Waals surface area contributed by atoms with Gasteiger partial charge in [-0.25, -0.2) is 4.99 Å². The van der Waals surface area contributed by atoms with Crippen LogP contribution in [0.2, 0.25) is 0 Å². The Morgan fingerprint density at radius 2 is 1.66 bits per heavy atom. The normalized spacial score (nSPS) is 18.0. The molecule has 0 aromatic heterocycles. The number of rotatable bonds is 7. The molecule has 1 fully saturated rings. The molecule has 2 aliphatic rings. The molecule has 0 aliphatic carbocycles. The van der Waals surface area contributed by atoms with Crippen molar-refractivity contribution >= 4 is 40.5 Å². The van der Waals surface area contributed by atoms with E-state index < -0.39 is 0 Å². The Morgan fingerprint density at radius 1 is 1.06 bits per heavy atom. The van der Waals surface area contributed by atoms with E-state index in [1.165, 1.54) is 11.8 Å². The van der Waals surface area contributed by atoms with Crippen LogP contribution < -0.4 is 14.4 Å². The summed E-state index contributed by atoms with van der Waals surface area (Å²) in [6.45, 7) is 4.20. The van der Waals surface area contributed by atoms with E-state index >= 15 is 0 Å². The summed E-state index contributed by atoms with van der Waals surface area (Å²) in [5.74, 6) is 1.21. The van der Waals surface area contributed by atoms with Crippen LogP contribution in [0, 0.1) is 0 Å². The van der Waals surface area contributed by atoms with Gasteiger partial charge in [-0.05, 0) is 54.5 Å². The lowest BCUT2D eigenvalue weighted by atomic mass is 10.2. The molecule has 0 unspecified atom stereocenters. The summed E-state index contributed by atoms with van der Waals surface area (Å²) in [6.07, 6.45) is 2.36. The minimum Gasteiger partial charge on any atom is -0.497 e. The summed E-state index contributed by atoms with van der Waals surface area (Å²) < 4.78 is 15.9. The second-order valence-corrected chi connectivity index (χ2v) is 9.16. The lowest BCUT2D eigenvalue weighted by molar-refractivity contribution is -0.134. The summed E-state index contributed by atoms with van der Waals surface area (Å²) >= 11 is 1.32. The Bertz CT molecular complexity index is 1110. The monoisotopic (exact) mass is 495 g/mol. The predicted octanol–water partition coefficient (Wildman–Crippen LogP) is 3.82. The number of carbonyl (C=O) groups is 2. The average molecular weight is 496 g/mol. The summed E-state index contributed by atoms with van der Waals surface area (Å²) in [6, 6.07) is 14.6. The molecular formula is C26H29N3O5S. The van der Waals surface area contributed by atoms with Crippen LogP contribution in [-0.2, 0) is 14.3 Å². The molecule has 0 N–H and O–H groups in total. The first-order valence-electron chi connectivity index (χ1n) is 11.5. The smallest absolute Gasteiger partial charge is 0.283 e. The molecule has 2 aromatic rings. The fraction of sp³-hybridized carbons (Fsp3) is 0.346. The topological polar surface area (TPSA) is 80.7 Å². The number of hydrogen-bond acceptors (Lipinski definition) is 7. The molecule has 0 saturated carbocycles. The van der Waals surface area contributed by atoms with Crippen molar-refractivity contribution in [3.63, 3.8) is 0 Å². The molecule has 9 heteroatoms. The number of benzene rings is 2. The van der Waals surface area contributed by atoms with E-state index in [4.69, 9.17) is 14.2 Å². The van der Waals surface area contributed by atoms with Crippen LogP contribution in [0.5, 0.6) is 11.5 Å². The number of carbonyl (C=O) groups excluding carboxylic acids is 2. The van der Waals surface area contributed by atoms with Crippen molar-refractivity contribution in [1.29, 1.82) is 0 Å². The van der Waals surface area contributed by atoms with Crippen molar-refractivity contribution in [3.05, 3.63) is 59.8 Å². The Balaban J connectivity index is 1.65. The van der Waals surface area contributed by atoms with Gasteiger partial charge in [-0.1, -0.05) is 30.8 Å². The van der Waals surface area contributed by atoms with Gasteiger partial charge in [-0.2, -0.15) is 0 Å². The zero-order valence-electron chi connectivity index (χ0n) is 20.1.